The van der Waals surface area contributed by atoms with Gasteiger partial charge in [0.1, 0.15) is 5.76 Å². The smallest absolute Gasteiger partial charge is 0.287 e. The Morgan fingerprint density at radius 3 is 2.75 bits per heavy atom. The first-order valence-corrected chi connectivity index (χ1v) is 5.71. The van der Waals surface area contributed by atoms with E-state index in [4.69, 9.17) is 4.42 Å². The highest BCUT2D eigenvalue weighted by Crippen LogP contribution is 2.14. The van der Waals surface area contributed by atoms with Crippen LogP contribution in [0.15, 0.2) is 10.5 Å². The Balaban J connectivity index is 2.46. The summed E-state index contributed by atoms with van der Waals surface area (Å²) < 4.78 is 5.45. The van der Waals surface area contributed by atoms with Gasteiger partial charge >= 0.3 is 0 Å². The van der Waals surface area contributed by atoms with E-state index >= 15 is 0 Å². The minimum atomic E-state index is -0.126. The van der Waals surface area contributed by atoms with E-state index < -0.39 is 0 Å². The first-order chi connectivity index (χ1) is 7.69. The van der Waals surface area contributed by atoms with Gasteiger partial charge in [-0.15, -0.1) is 0 Å². The number of carbonyl (C=O) groups excluding carboxylic acids is 1. The first-order valence-electron chi connectivity index (χ1n) is 5.71. The van der Waals surface area contributed by atoms with Crippen molar-refractivity contribution in [1.82, 2.24) is 10.6 Å². The summed E-state index contributed by atoms with van der Waals surface area (Å²) in [5.74, 6) is 1.18. The summed E-state index contributed by atoms with van der Waals surface area (Å²) in [4.78, 5) is 11.7. The lowest BCUT2D eigenvalue weighted by Crippen LogP contribution is -2.26. The molecule has 0 aliphatic rings. The van der Waals surface area contributed by atoms with Crippen molar-refractivity contribution in [2.24, 2.45) is 0 Å². The number of nitrogens with one attached hydrogen (secondary N) is 2. The van der Waals surface area contributed by atoms with Gasteiger partial charge in [0, 0.05) is 13.0 Å². The van der Waals surface area contributed by atoms with Gasteiger partial charge in [0.2, 0.25) is 0 Å². The van der Waals surface area contributed by atoms with Gasteiger partial charge in [0.25, 0.3) is 5.91 Å². The van der Waals surface area contributed by atoms with E-state index in [0.29, 0.717) is 12.3 Å². The summed E-state index contributed by atoms with van der Waals surface area (Å²) in [5.41, 5.74) is 1.04. The largest absolute Gasteiger partial charge is 0.456 e. The van der Waals surface area contributed by atoms with Crippen LogP contribution in [-0.2, 0) is 6.42 Å². The summed E-state index contributed by atoms with van der Waals surface area (Å²) in [7, 11) is 1.89. The van der Waals surface area contributed by atoms with E-state index in [0.717, 1.165) is 30.7 Å². The summed E-state index contributed by atoms with van der Waals surface area (Å²) in [6.07, 6.45) is 1.74. The predicted octanol–water partition coefficient (Wildman–Crippen LogP) is 1.49. The highest BCUT2D eigenvalue weighted by molar-refractivity contribution is 5.91. The molecule has 0 atom stereocenters. The number of hydrogen-bond donors (Lipinski definition) is 2. The predicted molar refractivity (Wildman–Crippen MR) is 63.7 cm³/mol. The Labute approximate surface area is 96.4 Å². The topological polar surface area (TPSA) is 54.3 Å². The van der Waals surface area contributed by atoms with Crippen LogP contribution < -0.4 is 10.6 Å². The van der Waals surface area contributed by atoms with Gasteiger partial charge in [0.05, 0.1) is 0 Å². The first kappa shape index (κ1) is 12.8. The molecule has 0 spiro atoms. The third-order valence-corrected chi connectivity index (χ3v) is 2.45. The van der Waals surface area contributed by atoms with E-state index in [9.17, 15) is 4.79 Å². The molecule has 1 amide bonds. The number of hydrogen-bond acceptors (Lipinski definition) is 3. The fourth-order valence-electron chi connectivity index (χ4n) is 1.54. The minimum Gasteiger partial charge on any atom is -0.456 e. The molecule has 1 aromatic heterocycles. The van der Waals surface area contributed by atoms with Gasteiger partial charge in [-0.1, -0.05) is 6.92 Å². The molecular formula is C12H20N2O2. The fraction of sp³-hybridized carbons (Fsp3) is 0.583. The summed E-state index contributed by atoms with van der Waals surface area (Å²) >= 11 is 0. The Hall–Kier alpha value is -1.29. The summed E-state index contributed by atoms with van der Waals surface area (Å²) in [5, 5.41) is 5.85. The maximum absolute atomic E-state index is 11.7. The van der Waals surface area contributed by atoms with Crippen molar-refractivity contribution in [3.8, 4) is 0 Å². The standard InChI is InChI=1S/C12H20N2O2/c1-4-10-9(2)8-11(16-10)12(15)14-7-5-6-13-3/h8,13H,4-7H2,1-3H3,(H,14,15). The number of rotatable bonds is 6. The van der Waals surface area contributed by atoms with Crippen LogP contribution in [0.1, 0.15) is 35.2 Å². The van der Waals surface area contributed by atoms with Gasteiger partial charge < -0.3 is 15.1 Å². The van der Waals surface area contributed by atoms with Crippen LogP contribution in [0, 0.1) is 6.92 Å². The molecule has 16 heavy (non-hydrogen) atoms. The quantitative estimate of drug-likeness (QED) is 0.720. The average molecular weight is 224 g/mol. The van der Waals surface area contributed by atoms with Crippen molar-refractivity contribution in [2.75, 3.05) is 20.1 Å². The monoisotopic (exact) mass is 224 g/mol. The molecule has 0 aliphatic heterocycles. The molecule has 90 valence electrons. The molecule has 0 saturated carbocycles. The van der Waals surface area contributed by atoms with Crippen molar-refractivity contribution in [1.29, 1.82) is 0 Å². The van der Waals surface area contributed by atoms with E-state index in [1.54, 1.807) is 6.07 Å². The molecule has 1 rings (SSSR count). The van der Waals surface area contributed by atoms with E-state index in [1.807, 2.05) is 20.9 Å². The molecule has 4 heteroatoms. The number of amides is 1. The van der Waals surface area contributed by atoms with Crippen molar-refractivity contribution in [3.05, 3.63) is 23.2 Å². The molecule has 0 saturated heterocycles. The molecular weight excluding hydrogens is 204 g/mol. The zero-order valence-electron chi connectivity index (χ0n) is 10.2. The molecule has 0 aromatic carbocycles. The average Bonchev–Trinajstić information content (AvgIpc) is 2.66. The molecule has 2 N–H and O–H groups in total. The number of aryl methyl sites for hydroxylation is 2. The van der Waals surface area contributed by atoms with Crippen LogP contribution in [-0.4, -0.2) is 26.0 Å². The summed E-state index contributed by atoms with van der Waals surface area (Å²) in [6.45, 7) is 5.54. The molecule has 4 nitrogen and oxygen atoms in total. The van der Waals surface area contributed by atoms with Gasteiger partial charge in [-0.05, 0) is 38.6 Å². The Morgan fingerprint density at radius 2 is 2.19 bits per heavy atom. The van der Waals surface area contributed by atoms with Crippen LogP contribution in [0.4, 0.5) is 0 Å². The number of carbonyl (C=O) groups is 1. The second-order valence-electron chi connectivity index (χ2n) is 3.78. The Kier molecular flexibility index (Phi) is 5.05. The molecule has 0 aliphatic carbocycles. The molecule has 0 unspecified atom stereocenters. The lowest BCUT2D eigenvalue weighted by atomic mass is 10.2. The molecule has 0 radical (unpaired) electrons. The zero-order valence-corrected chi connectivity index (χ0v) is 10.2. The summed E-state index contributed by atoms with van der Waals surface area (Å²) in [6, 6.07) is 1.80. The van der Waals surface area contributed by atoms with Crippen LogP contribution in [0.3, 0.4) is 0 Å². The Bertz CT molecular complexity index is 345. The van der Waals surface area contributed by atoms with Gasteiger partial charge in [0.15, 0.2) is 5.76 Å². The normalized spacial score (nSPS) is 10.4. The van der Waals surface area contributed by atoms with Gasteiger partial charge in [-0.2, -0.15) is 0 Å². The third kappa shape index (κ3) is 3.38. The molecule has 0 bridgehead atoms. The highest BCUT2D eigenvalue weighted by atomic mass is 16.4. The van der Waals surface area contributed by atoms with E-state index in [1.165, 1.54) is 0 Å². The Morgan fingerprint density at radius 1 is 1.44 bits per heavy atom. The third-order valence-electron chi connectivity index (χ3n) is 2.45. The lowest BCUT2D eigenvalue weighted by Gasteiger charge is -2.02. The maximum Gasteiger partial charge on any atom is 0.287 e. The second-order valence-corrected chi connectivity index (χ2v) is 3.78. The van der Waals surface area contributed by atoms with Gasteiger partial charge in [-0.25, -0.2) is 0 Å². The zero-order chi connectivity index (χ0) is 12.0. The van der Waals surface area contributed by atoms with E-state index in [2.05, 4.69) is 10.6 Å². The van der Waals surface area contributed by atoms with Crippen LogP contribution in [0.5, 0.6) is 0 Å². The second kappa shape index (κ2) is 6.33. The van der Waals surface area contributed by atoms with E-state index in [-0.39, 0.29) is 5.91 Å². The van der Waals surface area contributed by atoms with Crippen LogP contribution in [0.25, 0.3) is 0 Å². The SMILES string of the molecule is CCc1oc(C(=O)NCCCNC)cc1C. The van der Waals surface area contributed by atoms with Crippen molar-refractivity contribution in [2.45, 2.75) is 26.7 Å². The molecule has 1 heterocycles. The highest BCUT2D eigenvalue weighted by Gasteiger charge is 2.12. The minimum absolute atomic E-state index is 0.126. The molecule has 0 fully saturated rings. The van der Waals surface area contributed by atoms with Crippen LogP contribution in [0.2, 0.25) is 0 Å². The van der Waals surface area contributed by atoms with Crippen LogP contribution >= 0.6 is 0 Å². The van der Waals surface area contributed by atoms with Gasteiger partial charge in [-0.3, -0.25) is 4.79 Å². The lowest BCUT2D eigenvalue weighted by molar-refractivity contribution is 0.0924. The maximum atomic E-state index is 11.7. The number of furan rings is 1. The van der Waals surface area contributed by atoms with Crippen molar-refractivity contribution >= 4 is 5.91 Å². The fourth-order valence-corrected chi connectivity index (χ4v) is 1.54. The molecule has 1 aromatic rings. The van der Waals surface area contributed by atoms with Crippen molar-refractivity contribution < 1.29 is 9.21 Å². The van der Waals surface area contributed by atoms with Crippen molar-refractivity contribution in [3.63, 3.8) is 0 Å².